The van der Waals surface area contributed by atoms with Gasteiger partial charge in [0.25, 0.3) is 0 Å². The van der Waals surface area contributed by atoms with Crippen molar-refractivity contribution in [3.8, 4) is 5.75 Å². The summed E-state index contributed by atoms with van der Waals surface area (Å²) in [7, 11) is 0. The first-order chi connectivity index (χ1) is 11.8. The zero-order valence-corrected chi connectivity index (χ0v) is 13.1. The fourth-order valence-electron chi connectivity index (χ4n) is 2.27. The summed E-state index contributed by atoms with van der Waals surface area (Å²) in [5.41, 5.74) is -0.108. The topological polar surface area (TPSA) is 64.4 Å². The van der Waals surface area contributed by atoms with E-state index in [9.17, 15) is 18.0 Å². The zero-order chi connectivity index (χ0) is 18.0. The van der Waals surface area contributed by atoms with Crippen LogP contribution in [0.3, 0.4) is 0 Å². The minimum atomic E-state index is -4.63. The number of benzene rings is 2. The summed E-state index contributed by atoms with van der Waals surface area (Å²) in [5, 5.41) is 2.15. The molecule has 130 valence electrons. The van der Waals surface area contributed by atoms with Crippen LogP contribution < -0.4 is 10.1 Å². The maximum atomic E-state index is 13.1. The summed E-state index contributed by atoms with van der Waals surface area (Å²) in [6.07, 6.45) is -4.63. The number of hydrogen-bond acceptors (Lipinski definition) is 4. The molecule has 3 aromatic rings. The molecular formula is C17H13F3N2O3. The van der Waals surface area contributed by atoms with Crippen molar-refractivity contribution >= 4 is 22.7 Å². The van der Waals surface area contributed by atoms with E-state index in [1.54, 1.807) is 24.3 Å². The van der Waals surface area contributed by atoms with Crippen LogP contribution in [-0.4, -0.2) is 10.9 Å². The van der Waals surface area contributed by atoms with Crippen LogP contribution >= 0.6 is 0 Å². The van der Waals surface area contributed by atoms with E-state index < -0.39 is 17.6 Å². The van der Waals surface area contributed by atoms with Crippen molar-refractivity contribution in [2.75, 3.05) is 5.32 Å². The number of carbonyl (C=O) groups excluding carboxylic acids is 1. The number of fused-ring (bicyclic) bond motifs is 1. The molecule has 0 aliphatic carbocycles. The number of amides is 1. The normalized spacial score (nSPS) is 11.5. The third-order valence-corrected chi connectivity index (χ3v) is 3.31. The minimum absolute atomic E-state index is 0.0105. The van der Waals surface area contributed by atoms with Crippen LogP contribution in [0.25, 0.3) is 11.1 Å². The van der Waals surface area contributed by atoms with E-state index in [0.29, 0.717) is 11.1 Å². The van der Waals surface area contributed by atoms with Crippen molar-refractivity contribution in [3.63, 3.8) is 0 Å². The third-order valence-electron chi connectivity index (χ3n) is 3.31. The molecule has 0 aliphatic heterocycles. The van der Waals surface area contributed by atoms with Gasteiger partial charge in [-0.05, 0) is 30.3 Å². The van der Waals surface area contributed by atoms with Gasteiger partial charge in [0.05, 0.1) is 11.3 Å². The molecule has 3 rings (SSSR count). The van der Waals surface area contributed by atoms with Gasteiger partial charge in [0.15, 0.2) is 12.2 Å². The molecule has 1 aromatic heterocycles. The molecule has 0 aliphatic rings. The number of nitrogens with one attached hydrogen (secondary N) is 1. The van der Waals surface area contributed by atoms with Gasteiger partial charge < -0.3 is 14.5 Å². The Kier molecular flexibility index (Phi) is 4.35. The SMILES string of the molecule is CC(=O)Nc1ccc(OCc2nc3ccccc3o2)cc1C(F)(F)F. The Morgan fingerprint density at radius 2 is 2.00 bits per heavy atom. The van der Waals surface area contributed by atoms with E-state index in [-0.39, 0.29) is 23.9 Å². The Labute approximate surface area is 140 Å². The van der Waals surface area contributed by atoms with Gasteiger partial charge >= 0.3 is 6.18 Å². The number of alkyl halides is 3. The fourth-order valence-corrected chi connectivity index (χ4v) is 2.27. The predicted octanol–water partition coefficient (Wildman–Crippen LogP) is 4.38. The standard InChI is InChI=1S/C17H13F3N2O3/c1-10(23)21-13-7-6-11(8-12(13)17(18,19)20)24-9-16-22-14-4-2-3-5-15(14)25-16/h2-8H,9H2,1H3,(H,21,23). The second-order valence-electron chi connectivity index (χ2n) is 5.25. The van der Waals surface area contributed by atoms with E-state index in [4.69, 9.17) is 9.15 Å². The average molecular weight is 350 g/mol. The lowest BCUT2D eigenvalue weighted by Crippen LogP contribution is -2.14. The lowest BCUT2D eigenvalue weighted by atomic mass is 10.1. The fraction of sp³-hybridized carbons (Fsp3) is 0.176. The Morgan fingerprint density at radius 1 is 1.24 bits per heavy atom. The Bertz CT molecular complexity index is 886. The molecule has 0 spiro atoms. The quantitative estimate of drug-likeness (QED) is 0.758. The second-order valence-corrected chi connectivity index (χ2v) is 5.25. The van der Waals surface area contributed by atoms with Crippen LogP contribution in [-0.2, 0) is 17.6 Å². The smallest absolute Gasteiger partial charge is 0.418 e. The first kappa shape index (κ1) is 16.8. The second kappa shape index (κ2) is 6.46. The monoisotopic (exact) mass is 350 g/mol. The number of ether oxygens (including phenoxy) is 1. The van der Waals surface area contributed by atoms with Gasteiger partial charge in [-0.15, -0.1) is 0 Å². The first-order valence-corrected chi connectivity index (χ1v) is 7.29. The number of anilines is 1. The van der Waals surface area contributed by atoms with Gasteiger partial charge in [0.2, 0.25) is 11.8 Å². The van der Waals surface area contributed by atoms with Gasteiger partial charge in [0, 0.05) is 6.92 Å². The first-order valence-electron chi connectivity index (χ1n) is 7.29. The molecular weight excluding hydrogens is 337 g/mol. The van der Waals surface area contributed by atoms with Crippen molar-refractivity contribution in [1.29, 1.82) is 0 Å². The van der Waals surface area contributed by atoms with Gasteiger partial charge in [0.1, 0.15) is 11.3 Å². The van der Waals surface area contributed by atoms with Gasteiger partial charge in [-0.1, -0.05) is 12.1 Å². The highest BCUT2D eigenvalue weighted by molar-refractivity contribution is 5.89. The van der Waals surface area contributed by atoms with Crippen LogP contribution in [0.4, 0.5) is 18.9 Å². The van der Waals surface area contributed by atoms with E-state index in [2.05, 4.69) is 10.3 Å². The summed E-state index contributed by atoms with van der Waals surface area (Å²) in [5.74, 6) is -0.352. The maximum Gasteiger partial charge on any atom is 0.418 e. The molecule has 2 aromatic carbocycles. The highest BCUT2D eigenvalue weighted by atomic mass is 19.4. The van der Waals surface area contributed by atoms with Crippen molar-refractivity contribution in [3.05, 3.63) is 53.9 Å². The number of aromatic nitrogens is 1. The molecule has 0 radical (unpaired) electrons. The number of carbonyl (C=O) groups is 1. The molecule has 0 fully saturated rings. The zero-order valence-electron chi connectivity index (χ0n) is 13.1. The summed E-state index contributed by atoms with van der Waals surface area (Å²) in [6, 6.07) is 10.4. The van der Waals surface area contributed by atoms with Crippen molar-refractivity contribution in [1.82, 2.24) is 4.98 Å². The number of hydrogen-bond donors (Lipinski definition) is 1. The molecule has 0 saturated heterocycles. The molecule has 0 unspecified atom stereocenters. The van der Waals surface area contributed by atoms with Crippen molar-refractivity contribution in [2.45, 2.75) is 19.7 Å². The molecule has 1 N–H and O–H groups in total. The number of oxazole rings is 1. The summed E-state index contributed by atoms with van der Waals surface area (Å²) >= 11 is 0. The molecule has 0 saturated carbocycles. The lowest BCUT2D eigenvalue weighted by Gasteiger charge is -2.14. The van der Waals surface area contributed by atoms with Crippen LogP contribution in [0, 0.1) is 0 Å². The number of halogens is 3. The Morgan fingerprint density at radius 3 is 2.68 bits per heavy atom. The molecule has 1 amide bonds. The van der Waals surface area contributed by atoms with Crippen LogP contribution in [0.2, 0.25) is 0 Å². The number of para-hydroxylation sites is 2. The number of rotatable bonds is 4. The molecule has 1 heterocycles. The highest BCUT2D eigenvalue weighted by Gasteiger charge is 2.34. The van der Waals surface area contributed by atoms with E-state index in [0.717, 1.165) is 19.1 Å². The van der Waals surface area contributed by atoms with Gasteiger partial charge in [-0.25, -0.2) is 4.98 Å². The van der Waals surface area contributed by atoms with Crippen LogP contribution in [0.1, 0.15) is 18.4 Å². The summed E-state index contributed by atoms with van der Waals surface area (Å²) < 4.78 is 50.2. The van der Waals surface area contributed by atoms with Crippen LogP contribution in [0.15, 0.2) is 46.9 Å². The lowest BCUT2D eigenvalue weighted by molar-refractivity contribution is -0.137. The average Bonchev–Trinajstić information content (AvgIpc) is 2.95. The molecule has 8 heteroatoms. The van der Waals surface area contributed by atoms with Gasteiger partial charge in [-0.3, -0.25) is 4.79 Å². The van der Waals surface area contributed by atoms with E-state index in [1.165, 1.54) is 6.07 Å². The predicted molar refractivity (Wildman–Crippen MR) is 84.1 cm³/mol. The molecule has 0 bridgehead atoms. The third kappa shape index (κ3) is 3.90. The molecule has 25 heavy (non-hydrogen) atoms. The largest absolute Gasteiger partial charge is 0.484 e. The Balaban J connectivity index is 1.81. The summed E-state index contributed by atoms with van der Waals surface area (Å²) in [4.78, 5) is 15.2. The maximum absolute atomic E-state index is 13.1. The van der Waals surface area contributed by atoms with Crippen molar-refractivity contribution < 1.29 is 27.1 Å². The number of nitrogens with zero attached hydrogens (tertiary/aromatic N) is 1. The van der Waals surface area contributed by atoms with E-state index in [1.807, 2.05) is 0 Å². The molecule has 5 nitrogen and oxygen atoms in total. The Hall–Kier alpha value is -3.03. The van der Waals surface area contributed by atoms with E-state index >= 15 is 0 Å². The van der Waals surface area contributed by atoms with Crippen molar-refractivity contribution in [2.24, 2.45) is 0 Å². The molecule has 0 atom stereocenters. The highest BCUT2D eigenvalue weighted by Crippen LogP contribution is 2.37. The minimum Gasteiger partial charge on any atom is -0.484 e. The van der Waals surface area contributed by atoms with Crippen LogP contribution in [0.5, 0.6) is 5.75 Å². The summed E-state index contributed by atoms with van der Waals surface area (Å²) in [6.45, 7) is 1.02. The van der Waals surface area contributed by atoms with Gasteiger partial charge in [-0.2, -0.15) is 13.2 Å².